The minimum Gasteiger partial charge on any atom is -0.463 e. The molecule has 1 aromatic rings. The Hall–Kier alpha value is -2.68. The second kappa shape index (κ2) is 10.5. The summed E-state index contributed by atoms with van der Waals surface area (Å²) in [6.45, 7) is 0.0110. The van der Waals surface area contributed by atoms with E-state index in [0.29, 0.717) is 5.92 Å². The molecule has 27 heavy (non-hydrogen) atoms. The second-order valence-electron chi connectivity index (χ2n) is 6.57. The van der Waals surface area contributed by atoms with E-state index >= 15 is 0 Å². The summed E-state index contributed by atoms with van der Waals surface area (Å²) in [5, 5.41) is 2.56. The van der Waals surface area contributed by atoms with Gasteiger partial charge in [-0.25, -0.2) is 13.6 Å². The fraction of sp³-hybridized carbons (Fsp3) is 0.429. The molecule has 6 heteroatoms. The molecule has 1 fully saturated rings. The molecule has 1 aliphatic carbocycles. The summed E-state index contributed by atoms with van der Waals surface area (Å²) in [4.78, 5) is 24.5. The van der Waals surface area contributed by atoms with Gasteiger partial charge in [-0.3, -0.25) is 4.79 Å². The van der Waals surface area contributed by atoms with Gasteiger partial charge in [-0.2, -0.15) is 0 Å². The van der Waals surface area contributed by atoms with Crippen LogP contribution in [-0.2, 0) is 20.7 Å². The number of hydrogen-bond acceptors (Lipinski definition) is 3. The number of amides is 1. The number of benzene rings is 1. The molecule has 2 rings (SSSR count). The van der Waals surface area contributed by atoms with Crippen LogP contribution in [0.4, 0.5) is 8.78 Å². The number of rotatable bonds is 8. The zero-order valence-corrected chi connectivity index (χ0v) is 15.0. The molecule has 1 amide bonds. The molecule has 0 radical (unpaired) electrons. The van der Waals surface area contributed by atoms with E-state index in [9.17, 15) is 18.4 Å². The number of ether oxygens (including phenoxy) is 1. The van der Waals surface area contributed by atoms with E-state index in [-0.39, 0.29) is 25.0 Å². The van der Waals surface area contributed by atoms with E-state index in [2.05, 4.69) is 11.2 Å². The highest BCUT2D eigenvalue weighted by Gasteiger charge is 2.23. The van der Waals surface area contributed by atoms with Gasteiger partial charge in [-0.1, -0.05) is 18.9 Å². The van der Waals surface area contributed by atoms with Crippen LogP contribution in [0.1, 0.15) is 37.7 Å². The molecule has 1 saturated carbocycles. The second-order valence-corrected chi connectivity index (χ2v) is 6.57. The SMILES string of the molecule is C#CCCOC(=O)[C@H](Cc1cc(F)cc(F)c1)NC(=O)/C=C/C1CCCC1. The molecular weight excluding hydrogens is 352 g/mol. The van der Waals surface area contributed by atoms with E-state index in [1.54, 1.807) is 0 Å². The Kier molecular flexibility index (Phi) is 8.00. The summed E-state index contributed by atoms with van der Waals surface area (Å²) in [6.07, 6.45) is 12.9. The van der Waals surface area contributed by atoms with Crippen LogP contribution in [0.15, 0.2) is 30.4 Å². The number of esters is 1. The molecule has 0 unspecified atom stereocenters. The topological polar surface area (TPSA) is 55.4 Å². The molecule has 1 aliphatic rings. The van der Waals surface area contributed by atoms with Gasteiger partial charge in [0.15, 0.2) is 0 Å². The van der Waals surface area contributed by atoms with Gasteiger partial charge >= 0.3 is 5.97 Å². The standard InChI is InChI=1S/C21H23F2NO3/c1-2-3-10-27-21(26)19(13-16-11-17(22)14-18(23)12-16)24-20(25)9-8-15-6-4-5-7-15/h1,8-9,11-12,14-15,19H,3-7,10,13H2,(H,24,25)/b9-8+/t19-/m0/s1. The highest BCUT2D eigenvalue weighted by atomic mass is 19.1. The predicted octanol–water partition coefficient (Wildman–Crippen LogP) is 3.31. The summed E-state index contributed by atoms with van der Waals surface area (Å²) in [6, 6.07) is 1.91. The van der Waals surface area contributed by atoms with Crippen molar-refractivity contribution in [2.45, 2.75) is 44.6 Å². The van der Waals surface area contributed by atoms with E-state index in [0.717, 1.165) is 43.9 Å². The van der Waals surface area contributed by atoms with Crippen LogP contribution < -0.4 is 5.32 Å². The first-order valence-corrected chi connectivity index (χ1v) is 9.01. The smallest absolute Gasteiger partial charge is 0.329 e. The summed E-state index contributed by atoms with van der Waals surface area (Å²) in [5.74, 6) is 0.0645. The van der Waals surface area contributed by atoms with Gasteiger partial charge < -0.3 is 10.1 Å². The minimum absolute atomic E-state index is 0.0110. The largest absolute Gasteiger partial charge is 0.463 e. The molecule has 0 saturated heterocycles. The lowest BCUT2D eigenvalue weighted by atomic mass is 10.0. The Morgan fingerprint density at radius 2 is 1.93 bits per heavy atom. The van der Waals surface area contributed by atoms with Crippen LogP contribution in [0.5, 0.6) is 0 Å². The summed E-state index contributed by atoms with van der Waals surface area (Å²) in [7, 11) is 0. The zero-order chi connectivity index (χ0) is 19.6. The number of carbonyl (C=O) groups is 2. The van der Waals surface area contributed by atoms with Crippen molar-refractivity contribution in [1.29, 1.82) is 0 Å². The molecule has 1 atom stereocenters. The third kappa shape index (κ3) is 7.22. The number of carbonyl (C=O) groups excluding carboxylic acids is 2. The monoisotopic (exact) mass is 375 g/mol. The first kappa shape index (κ1) is 20.6. The van der Waals surface area contributed by atoms with E-state index in [1.165, 1.54) is 6.08 Å². The molecule has 0 aliphatic heterocycles. The number of terminal acetylenes is 1. The Labute approximate surface area is 158 Å². The first-order chi connectivity index (χ1) is 13.0. The van der Waals surface area contributed by atoms with Crippen molar-refractivity contribution >= 4 is 11.9 Å². The lowest BCUT2D eigenvalue weighted by molar-refractivity contribution is -0.147. The van der Waals surface area contributed by atoms with Gasteiger partial charge in [-0.15, -0.1) is 12.3 Å². The van der Waals surface area contributed by atoms with Gasteiger partial charge in [0, 0.05) is 18.9 Å². The van der Waals surface area contributed by atoms with Gasteiger partial charge in [0.25, 0.3) is 0 Å². The summed E-state index contributed by atoms with van der Waals surface area (Å²) < 4.78 is 31.9. The van der Waals surface area contributed by atoms with Crippen LogP contribution in [0, 0.1) is 29.9 Å². The quantitative estimate of drug-likeness (QED) is 0.328. The van der Waals surface area contributed by atoms with Gasteiger partial charge in [0.05, 0.1) is 0 Å². The van der Waals surface area contributed by atoms with Crippen LogP contribution in [0.2, 0.25) is 0 Å². The zero-order valence-electron chi connectivity index (χ0n) is 15.0. The number of nitrogens with one attached hydrogen (secondary N) is 1. The lowest BCUT2D eigenvalue weighted by Gasteiger charge is -2.17. The highest BCUT2D eigenvalue weighted by Crippen LogP contribution is 2.25. The third-order valence-corrected chi connectivity index (χ3v) is 4.37. The summed E-state index contributed by atoms with van der Waals surface area (Å²) >= 11 is 0. The molecule has 0 bridgehead atoms. The Morgan fingerprint density at radius 1 is 1.26 bits per heavy atom. The Bertz CT molecular complexity index is 713. The molecule has 0 spiro atoms. The minimum atomic E-state index is -1.07. The molecule has 0 aromatic heterocycles. The average Bonchev–Trinajstić information content (AvgIpc) is 3.12. The molecule has 1 N–H and O–H groups in total. The van der Waals surface area contributed by atoms with Crippen molar-refractivity contribution in [3.8, 4) is 12.3 Å². The molecular formula is C21H23F2NO3. The summed E-state index contributed by atoms with van der Waals surface area (Å²) in [5.41, 5.74) is 0.242. The maximum absolute atomic E-state index is 13.4. The van der Waals surface area contributed by atoms with Crippen LogP contribution in [0.3, 0.4) is 0 Å². The lowest BCUT2D eigenvalue weighted by Crippen LogP contribution is -2.43. The normalized spacial score (nSPS) is 15.4. The first-order valence-electron chi connectivity index (χ1n) is 9.01. The van der Waals surface area contributed by atoms with E-state index in [1.807, 2.05) is 6.08 Å². The molecule has 144 valence electrons. The van der Waals surface area contributed by atoms with Crippen molar-refractivity contribution < 1.29 is 23.1 Å². The van der Waals surface area contributed by atoms with Gasteiger partial charge in [0.2, 0.25) is 5.91 Å². The average molecular weight is 375 g/mol. The molecule has 4 nitrogen and oxygen atoms in total. The van der Waals surface area contributed by atoms with E-state index < -0.39 is 29.6 Å². The highest BCUT2D eigenvalue weighted by molar-refractivity contribution is 5.91. The van der Waals surface area contributed by atoms with Crippen molar-refractivity contribution in [2.24, 2.45) is 5.92 Å². The molecule has 0 heterocycles. The van der Waals surface area contributed by atoms with Gasteiger partial charge in [0.1, 0.15) is 24.3 Å². The number of hydrogen-bond donors (Lipinski definition) is 1. The van der Waals surface area contributed by atoms with Crippen molar-refractivity contribution in [3.05, 3.63) is 47.5 Å². The van der Waals surface area contributed by atoms with Crippen molar-refractivity contribution in [2.75, 3.05) is 6.61 Å². The van der Waals surface area contributed by atoms with E-state index in [4.69, 9.17) is 11.2 Å². The fourth-order valence-electron chi connectivity index (χ4n) is 3.06. The van der Waals surface area contributed by atoms with Crippen LogP contribution in [-0.4, -0.2) is 24.5 Å². The van der Waals surface area contributed by atoms with Crippen molar-refractivity contribution in [1.82, 2.24) is 5.32 Å². The number of halogens is 2. The number of allylic oxidation sites excluding steroid dienone is 1. The predicted molar refractivity (Wildman–Crippen MR) is 97.5 cm³/mol. The van der Waals surface area contributed by atoms with Gasteiger partial charge in [-0.05, 0) is 42.5 Å². The van der Waals surface area contributed by atoms with Crippen LogP contribution >= 0.6 is 0 Å². The third-order valence-electron chi connectivity index (χ3n) is 4.37. The Balaban J connectivity index is 2.04. The fourth-order valence-corrected chi connectivity index (χ4v) is 3.06. The van der Waals surface area contributed by atoms with Crippen LogP contribution in [0.25, 0.3) is 0 Å². The maximum atomic E-state index is 13.4. The maximum Gasteiger partial charge on any atom is 0.329 e. The molecule has 1 aromatic carbocycles. The Morgan fingerprint density at radius 3 is 2.56 bits per heavy atom. The van der Waals surface area contributed by atoms with Crippen molar-refractivity contribution in [3.63, 3.8) is 0 Å².